The summed E-state index contributed by atoms with van der Waals surface area (Å²) in [4.78, 5) is 0.176. The largest absolute Gasteiger partial charge is 0.425 e. The SMILES string of the molecule is CN/C=C(\N)C1CC2(CC(C)N1)OCCc1cc(C(F)(F)F)sc12. The summed E-state index contributed by atoms with van der Waals surface area (Å²) < 4.78 is 45.5. The van der Waals surface area contributed by atoms with Crippen LogP contribution in [0.3, 0.4) is 0 Å². The lowest BCUT2D eigenvalue weighted by atomic mass is 9.79. The van der Waals surface area contributed by atoms with Crippen molar-refractivity contribution in [2.45, 2.75) is 50.0 Å². The van der Waals surface area contributed by atoms with Gasteiger partial charge in [-0.1, -0.05) is 0 Å². The Morgan fingerprint density at radius 1 is 1.50 bits per heavy atom. The molecule has 0 radical (unpaired) electrons. The Hall–Kier alpha value is -1.25. The molecule has 3 rings (SSSR count). The minimum absolute atomic E-state index is 0.0925. The molecule has 0 aliphatic carbocycles. The van der Waals surface area contributed by atoms with Crippen LogP contribution >= 0.6 is 11.3 Å². The smallest absolute Gasteiger partial charge is 0.400 e. The van der Waals surface area contributed by atoms with Crippen LogP contribution in [0, 0.1) is 0 Å². The van der Waals surface area contributed by atoms with Crippen LogP contribution < -0.4 is 16.4 Å². The fourth-order valence-electron chi connectivity index (χ4n) is 3.72. The molecule has 134 valence electrons. The Bertz CT molecular complexity index is 643. The van der Waals surface area contributed by atoms with E-state index < -0.39 is 16.7 Å². The normalized spacial score (nSPS) is 31.1. The predicted molar refractivity (Wildman–Crippen MR) is 87.6 cm³/mol. The van der Waals surface area contributed by atoms with Crippen molar-refractivity contribution in [1.29, 1.82) is 0 Å². The van der Waals surface area contributed by atoms with Crippen LogP contribution in [0.2, 0.25) is 0 Å². The summed E-state index contributed by atoms with van der Waals surface area (Å²) in [5.41, 5.74) is 6.82. The monoisotopic (exact) mass is 361 g/mol. The maximum atomic E-state index is 13.1. The summed E-state index contributed by atoms with van der Waals surface area (Å²) in [6, 6.07) is 1.25. The van der Waals surface area contributed by atoms with Gasteiger partial charge in [0.25, 0.3) is 0 Å². The molecule has 0 aromatic carbocycles. The first-order valence-corrected chi connectivity index (χ1v) is 8.80. The second-order valence-corrected chi connectivity index (χ2v) is 7.57. The van der Waals surface area contributed by atoms with E-state index in [0.29, 0.717) is 31.6 Å². The summed E-state index contributed by atoms with van der Waals surface area (Å²) in [6.07, 6.45) is -0.903. The van der Waals surface area contributed by atoms with Crippen LogP contribution in [0.1, 0.15) is 35.1 Å². The van der Waals surface area contributed by atoms with Crippen molar-refractivity contribution < 1.29 is 17.9 Å². The highest BCUT2D eigenvalue weighted by Gasteiger charge is 2.47. The molecular formula is C16H22F3N3OS. The molecule has 2 aliphatic rings. The van der Waals surface area contributed by atoms with Crippen molar-refractivity contribution >= 4 is 11.3 Å². The Kier molecular flexibility index (Phi) is 4.57. The zero-order chi connectivity index (χ0) is 17.5. The maximum Gasteiger partial charge on any atom is 0.425 e. The third-order valence-corrected chi connectivity index (χ3v) is 6.03. The molecule has 3 atom stereocenters. The molecule has 2 aliphatic heterocycles. The molecule has 0 amide bonds. The number of piperidine rings is 1. The van der Waals surface area contributed by atoms with Crippen molar-refractivity contribution in [2.24, 2.45) is 5.73 Å². The van der Waals surface area contributed by atoms with Crippen molar-refractivity contribution in [3.63, 3.8) is 0 Å². The predicted octanol–water partition coefficient (Wildman–Crippen LogP) is 2.69. The zero-order valence-electron chi connectivity index (χ0n) is 13.7. The van der Waals surface area contributed by atoms with Gasteiger partial charge < -0.3 is 21.1 Å². The first-order chi connectivity index (χ1) is 11.2. The quantitative estimate of drug-likeness (QED) is 0.758. The molecule has 4 nitrogen and oxygen atoms in total. The zero-order valence-corrected chi connectivity index (χ0v) is 14.5. The highest BCUT2D eigenvalue weighted by Crippen LogP contribution is 2.49. The number of nitrogens with two attached hydrogens (primary N) is 1. The molecule has 1 fully saturated rings. The molecule has 8 heteroatoms. The molecule has 1 aromatic heterocycles. The van der Waals surface area contributed by atoms with E-state index in [0.717, 1.165) is 21.8 Å². The van der Waals surface area contributed by atoms with Gasteiger partial charge in [0, 0.05) is 36.3 Å². The molecule has 3 heterocycles. The van der Waals surface area contributed by atoms with Crippen molar-refractivity contribution in [3.05, 3.63) is 33.3 Å². The molecule has 1 aromatic rings. The van der Waals surface area contributed by atoms with Crippen LogP contribution in [-0.4, -0.2) is 25.7 Å². The van der Waals surface area contributed by atoms with Crippen molar-refractivity contribution in [3.8, 4) is 0 Å². The highest BCUT2D eigenvalue weighted by molar-refractivity contribution is 7.12. The third kappa shape index (κ3) is 3.14. The van der Waals surface area contributed by atoms with Crippen molar-refractivity contribution in [2.75, 3.05) is 13.7 Å². The fourth-order valence-corrected chi connectivity index (χ4v) is 4.96. The number of hydrogen-bond donors (Lipinski definition) is 3. The first-order valence-electron chi connectivity index (χ1n) is 7.98. The van der Waals surface area contributed by atoms with Gasteiger partial charge in [-0.15, -0.1) is 11.3 Å². The molecular weight excluding hydrogens is 339 g/mol. The van der Waals surface area contributed by atoms with Crippen LogP contribution in [0.4, 0.5) is 13.2 Å². The molecule has 1 saturated heterocycles. The van der Waals surface area contributed by atoms with Gasteiger partial charge >= 0.3 is 6.18 Å². The number of rotatable bonds is 2. The van der Waals surface area contributed by atoms with E-state index >= 15 is 0 Å². The number of hydrogen-bond acceptors (Lipinski definition) is 5. The van der Waals surface area contributed by atoms with E-state index in [-0.39, 0.29) is 12.1 Å². The average molecular weight is 361 g/mol. The summed E-state index contributed by atoms with van der Waals surface area (Å²) >= 11 is 0.823. The minimum Gasteiger partial charge on any atom is -0.400 e. The summed E-state index contributed by atoms with van der Waals surface area (Å²) in [6.45, 7) is 2.45. The lowest BCUT2D eigenvalue weighted by Crippen LogP contribution is -2.54. The van der Waals surface area contributed by atoms with Gasteiger partial charge in [0.05, 0.1) is 12.6 Å². The Morgan fingerprint density at radius 2 is 2.25 bits per heavy atom. The molecule has 24 heavy (non-hydrogen) atoms. The second kappa shape index (κ2) is 6.24. The first kappa shape index (κ1) is 17.6. The van der Waals surface area contributed by atoms with E-state index in [1.165, 1.54) is 6.07 Å². The van der Waals surface area contributed by atoms with Gasteiger partial charge in [0.2, 0.25) is 0 Å². The molecule has 1 spiro atoms. The summed E-state index contributed by atoms with van der Waals surface area (Å²) in [7, 11) is 1.76. The molecule has 0 saturated carbocycles. The van der Waals surface area contributed by atoms with E-state index in [4.69, 9.17) is 10.5 Å². The lowest BCUT2D eigenvalue weighted by Gasteiger charge is -2.46. The lowest BCUT2D eigenvalue weighted by molar-refractivity contribution is -0.134. The van der Waals surface area contributed by atoms with Crippen LogP contribution in [0.5, 0.6) is 0 Å². The number of alkyl halides is 3. The standard InChI is InChI=1S/C16H22F3N3OS/c1-9-6-15(7-12(22-9)11(20)8-21-2)14-10(3-4-23-15)5-13(24-14)16(17,18)19/h5,8-9,12,21-22H,3-4,6-7,20H2,1-2H3/b11-8-. The van der Waals surface area contributed by atoms with Crippen LogP contribution in [0.15, 0.2) is 18.0 Å². The second-order valence-electron chi connectivity index (χ2n) is 6.52. The topological polar surface area (TPSA) is 59.3 Å². The van der Waals surface area contributed by atoms with Gasteiger partial charge in [-0.05, 0) is 31.4 Å². The van der Waals surface area contributed by atoms with Crippen molar-refractivity contribution in [1.82, 2.24) is 10.6 Å². The Labute approximate surface area is 143 Å². The van der Waals surface area contributed by atoms with Crippen LogP contribution in [0.25, 0.3) is 0 Å². The van der Waals surface area contributed by atoms with Gasteiger partial charge in [0.1, 0.15) is 10.5 Å². The van der Waals surface area contributed by atoms with E-state index in [1.807, 2.05) is 6.92 Å². The van der Waals surface area contributed by atoms with Gasteiger partial charge in [-0.2, -0.15) is 13.2 Å². The fraction of sp³-hybridized carbons (Fsp3) is 0.625. The Balaban J connectivity index is 1.99. The molecule has 3 unspecified atom stereocenters. The third-order valence-electron chi connectivity index (χ3n) is 4.62. The summed E-state index contributed by atoms with van der Waals surface area (Å²) in [5, 5.41) is 6.31. The van der Waals surface area contributed by atoms with Gasteiger partial charge in [-0.25, -0.2) is 0 Å². The number of thiophene rings is 1. The van der Waals surface area contributed by atoms with Crippen LogP contribution in [-0.2, 0) is 22.9 Å². The number of ether oxygens (including phenoxy) is 1. The van der Waals surface area contributed by atoms with E-state index in [2.05, 4.69) is 10.6 Å². The molecule has 4 N–H and O–H groups in total. The average Bonchev–Trinajstić information content (AvgIpc) is 2.93. The Morgan fingerprint density at radius 3 is 2.92 bits per heavy atom. The number of nitrogens with one attached hydrogen (secondary N) is 2. The maximum absolute atomic E-state index is 13.1. The highest BCUT2D eigenvalue weighted by atomic mass is 32.1. The molecule has 0 bridgehead atoms. The van der Waals surface area contributed by atoms with E-state index in [9.17, 15) is 13.2 Å². The van der Waals surface area contributed by atoms with Gasteiger partial charge in [-0.3, -0.25) is 0 Å². The number of fused-ring (bicyclic) bond motifs is 2. The van der Waals surface area contributed by atoms with E-state index in [1.54, 1.807) is 13.2 Å². The summed E-state index contributed by atoms with van der Waals surface area (Å²) in [5.74, 6) is 0. The van der Waals surface area contributed by atoms with Gasteiger partial charge in [0.15, 0.2) is 0 Å². The number of halogens is 3. The minimum atomic E-state index is -4.31.